The number of nitrogens with one attached hydrogen (secondary N) is 2. The van der Waals surface area contributed by atoms with Crippen molar-refractivity contribution in [1.29, 1.82) is 0 Å². The lowest BCUT2D eigenvalue weighted by Crippen LogP contribution is -2.34. The summed E-state index contributed by atoms with van der Waals surface area (Å²) in [6.45, 7) is 2.06. The SMILES string of the molecule is CCOC(=O)/C=C/c1ccc(NC(=O)N[C@@H](c2cccc(F)c2)c2nccn2C)cc1. The summed E-state index contributed by atoms with van der Waals surface area (Å²) in [7, 11) is 1.80. The van der Waals surface area contributed by atoms with Crippen LogP contribution in [-0.2, 0) is 16.6 Å². The van der Waals surface area contributed by atoms with E-state index < -0.39 is 23.9 Å². The fourth-order valence-electron chi connectivity index (χ4n) is 2.97. The van der Waals surface area contributed by atoms with Gasteiger partial charge in [0.25, 0.3) is 0 Å². The minimum absolute atomic E-state index is 0.316. The second-order valence-corrected chi connectivity index (χ2v) is 6.69. The Hall–Kier alpha value is -3.94. The number of carbonyl (C=O) groups is 2. The fourth-order valence-corrected chi connectivity index (χ4v) is 2.97. The van der Waals surface area contributed by atoms with Crippen molar-refractivity contribution >= 4 is 23.8 Å². The lowest BCUT2D eigenvalue weighted by atomic mass is 10.1. The summed E-state index contributed by atoms with van der Waals surface area (Å²) >= 11 is 0. The van der Waals surface area contributed by atoms with Gasteiger partial charge in [-0.3, -0.25) is 0 Å². The van der Waals surface area contributed by atoms with Gasteiger partial charge in [-0.1, -0.05) is 24.3 Å². The second-order valence-electron chi connectivity index (χ2n) is 6.69. The Labute approximate surface area is 179 Å². The number of ether oxygens (including phenoxy) is 1. The Morgan fingerprint density at radius 2 is 2.00 bits per heavy atom. The summed E-state index contributed by atoms with van der Waals surface area (Å²) in [4.78, 5) is 28.3. The number of hydrogen-bond donors (Lipinski definition) is 2. The Balaban J connectivity index is 1.70. The molecular weight excluding hydrogens is 399 g/mol. The van der Waals surface area contributed by atoms with Crippen molar-refractivity contribution in [2.45, 2.75) is 13.0 Å². The Morgan fingerprint density at radius 1 is 1.23 bits per heavy atom. The van der Waals surface area contributed by atoms with E-state index in [0.717, 1.165) is 5.56 Å². The molecule has 0 saturated heterocycles. The van der Waals surface area contributed by atoms with Gasteiger partial charge in [-0.25, -0.2) is 19.0 Å². The van der Waals surface area contributed by atoms with Crippen molar-refractivity contribution in [3.8, 4) is 0 Å². The summed E-state index contributed by atoms with van der Waals surface area (Å²) in [5, 5.41) is 5.60. The molecule has 31 heavy (non-hydrogen) atoms. The van der Waals surface area contributed by atoms with Crippen LogP contribution in [0.1, 0.15) is 29.9 Å². The molecule has 3 aromatic rings. The molecule has 0 aliphatic carbocycles. The van der Waals surface area contributed by atoms with Crippen molar-refractivity contribution in [2.75, 3.05) is 11.9 Å². The monoisotopic (exact) mass is 422 g/mol. The first kappa shape index (κ1) is 21.8. The molecule has 0 saturated carbocycles. The van der Waals surface area contributed by atoms with Gasteiger partial charge in [0.1, 0.15) is 17.7 Å². The quantitative estimate of drug-likeness (QED) is 0.444. The molecule has 0 spiro atoms. The molecule has 0 fully saturated rings. The zero-order valence-corrected chi connectivity index (χ0v) is 17.2. The Bertz CT molecular complexity index is 1080. The number of urea groups is 1. The van der Waals surface area contributed by atoms with E-state index in [-0.39, 0.29) is 0 Å². The van der Waals surface area contributed by atoms with E-state index in [9.17, 15) is 14.0 Å². The number of carbonyl (C=O) groups excluding carboxylic acids is 2. The molecule has 2 aromatic carbocycles. The van der Waals surface area contributed by atoms with Gasteiger partial charge < -0.3 is 19.9 Å². The van der Waals surface area contributed by atoms with E-state index in [1.807, 2.05) is 0 Å². The van der Waals surface area contributed by atoms with Crippen LogP contribution < -0.4 is 10.6 Å². The molecule has 1 aromatic heterocycles. The molecule has 7 nitrogen and oxygen atoms in total. The number of imidazole rings is 1. The molecule has 3 rings (SSSR count). The van der Waals surface area contributed by atoms with Gasteiger partial charge in [-0.05, 0) is 48.4 Å². The average Bonchev–Trinajstić information content (AvgIpc) is 3.17. The highest BCUT2D eigenvalue weighted by atomic mass is 19.1. The number of aromatic nitrogens is 2. The number of halogens is 1. The molecular formula is C23H23FN4O3. The third-order valence-electron chi connectivity index (χ3n) is 4.44. The lowest BCUT2D eigenvalue weighted by Gasteiger charge is -2.19. The van der Waals surface area contributed by atoms with Gasteiger partial charge in [0, 0.05) is 31.2 Å². The molecule has 1 atom stereocenters. The van der Waals surface area contributed by atoms with Crippen LogP contribution in [0.25, 0.3) is 6.08 Å². The number of nitrogens with zero attached hydrogens (tertiary/aromatic N) is 2. The second kappa shape index (κ2) is 10.2. The van der Waals surface area contributed by atoms with Crippen molar-refractivity contribution in [2.24, 2.45) is 7.05 Å². The molecule has 160 valence electrons. The molecule has 0 aliphatic rings. The predicted octanol–water partition coefficient (Wildman–Crippen LogP) is 4.05. The minimum Gasteiger partial charge on any atom is -0.463 e. The first-order valence-corrected chi connectivity index (χ1v) is 9.71. The largest absolute Gasteiger partial charge is 0.463 e. The van der Waals surface area contributed by atoms with Crippen LogP contribution in [-0.4, -0.2) is 28.2 Å². The van der Waals surface area contributed by atoms with E-state index in [1.54, 1.807) is 73.4 Å². The Kier molecular flexibility index (Phi) is 7.16. The van der Waals surface area contributed by atoms with Gasteiger partial charge in [-0.2, -0.15) is 0 Å². The fraction of sp³-hybridized carbons (Fsp3) is 0.174. The van der Waals surface area contributed by atoms with Crippen LogP contribution >= 0.6 is 0 Å². The van der Waals surface area contributed by atoms with Gasteiger partial charge in [0.2, 0.25) is 0 Å². The van der Waals surface area contributed by atoms with Gasteiger partial charge >= 0.3 is 12.0 Å². The van der Waals surface area contributed by atoms with E-state index >= 15 is 0 Å². The maximum atomic E-state index is 13.8. The zero-order chi connectivity index (χ0) is 22.2. The number of anilines is 1. The highest BCUT2D eigenvalue weighted by Crippen LogP contribution is 2.21. The maximum absolute atomic E-state index is 13.8. The molecule has 1 heterocycles. The predicted molar refractivity (Wildman–Crippen MR) is 116 cm³/mol. The maximum Gasteiger partial charge on any atom is 0.330 e. The first-order valence-electron chi connectivity index (χ1n) is 9.71. The third-order valence-corrected chi connectivity index (χ3v) is 4.44. The summed E-state index contributed by atoms with van der Waals surface area (Å²) in [6, 6.07) is 11.9. The molecule has 0 aliphatic heterocycles. The number of benzene rings is 2. The van der Waals surface area contributed by atoms with Crippen molar-refractivity contribution in [1.82, 2.24) is 14.9 Å². The number of aryl methyl sites for hydroxylation is 1. The summed E-state index contributed by atoms with van der Waals surface area (Å²) < 4.78 is 20.4. The number of hydrogen-bond acceptors (Lipinski definition) is 4. The molecule has 8 heteroatoms. The highest BCUT2D eigenvalue weighted by molar-refractivity contribution is 5.90. The third kappa shape index (κ3) is 6.02. The van der Waals surface area contributed by atoms with E-state index in [1.165, 1.54) is 18.2 Å². The van der Waals surface area contributed by atoms with Crippen LogP contribution in [0.5, 0.6) is 0 Å². The normalized spacial score (nSPS) is 11.8. The number of esters is 1. The highest BCUT2D eigenvalue weighted by Gasteiger charge is 2.21. The van der Waals surface area contributed by atoms with Crippen molar-refractivity contribution in [3.63, 3.8) is 0 Å². The Morgan fingerprint density at radius 3 is 2.65 bits per heavy atom. The average molecular weight is 422 g/mol. The smallest absolute Gasteiger partial charge is 0.330 e. The van der Waals surface area contributed by atoms with Crippen LogP contribution in [0.3, 0.4) is 0 Å². The van der Waals surface area contributed by atoms with Crippen molar-refractivity contribution in [3.05, 3.63) is 89.8 Å². The summed E-state index contributed by atoms with van der Waals surface area (Å²) in [6.07, 6.45) is 6.34. The topological polar surface area (TPSA) is 85.2 Å². The van der Waals surface area contributed by atoms with Gasteiger partial charge in [0.15, 0.2) is 0 Å². The minimum atomic E-state index is -0.637. The van der Waals surface area contributed by atoms with E-state index in [2.05, 4.69) is 15.6 Å². The standard InChI is InChI=1S/C23H23FN4O3/c1-3-31-20(29)12-9-16-7-10-19(11-8-16)26-23(30)27-21(22-25-13-14-28(22)2)17-5-4-6-18(24)15-17/h4-15,21H,3H2,1-2H3,(H2,26,27,30)/b12-9+/t21-/m0/s1. The summed E-state index contributed by atoms with van der Waals surface area (Å²) in [5.74, 6) is -0.243. The molecule has 0 unspecified atom stereocenters. The first-order chi connectivity index (χ1) is 15.0. The summed E-state index contributed by atoms with van der Waals surface area (Å²) in [5.41, 5.74) is 1.91. The molecule has 2 amide bonds. The van der Waals surface area contributed by atoms with Crippen LogP contribution in [0.15, 0.2) is 67.0 Å². The lowest BCUT2D eigenvalue weighted by molar-refractivity contribution is -0.137. The van der Waals surface area contributed by atoms with E-state index in [0.29, 0.717) is 23.7 Å². The zero-order valence-electron chi connectivity index (χ0n) is 17.2. The molecule has 0 bridgehead atoms. The number of rotatable bonds is 7. The number of amides is 2. The van der Waals surface area contributed by atoms with E-state index in [4.69, 9.17) is 4.74 Å². The molecule has 2 N–H and O–H groups in total. The van der Waals surface area contributed by atoms with Gasteiger partial charge in [0.05, 0.1) is 6.61 Å². The van der Waals surface area contributed by atoms with Crippen molar-refractivity contribution < 1.29 is 18.7 Å². The van der Waals surface area contributed by atoms with Gasteiger partial charge in [-0.15, -0.1) is 0 Å². The van der Waals surface area contributed by atoms with Crippen LogP contribution in [0, 0.1) is 5.82 Å². The molecule has 0 radical (unpaired) electrons. The van der Waals surface area contributed by atoms with Crippen LogP contribution in [0.4, 0.5) is 14.9 Å². The van der Waals surface area contributed by atoms with Crippen LogP contribution in [0.2, 0.25) is 0 Å².